The molecule has 1 heterocycles. The van der Waals surface area contributed by atoms with Crippen LogP contribution >= 0.6 is 0 Å². The minimum atomic E-state index is -4.43. The van der Waals surface area contributed by atoms with Crippen molar-refractivity contribution in [1.82, 2.24) is 4.98 Å². The van der Waals surface area contributed by atoms with E-state index in [4.69, 9.17) is 0 Å². The summed E-state index contributed by atoms with van der Waals surface area (Å²) in [5.74, 6) is 4.76. The predicted molar refractivity (Wildman–Crippen MR) is 41.8 cm³/mol. The highest BCUT2D eigenvalue weighted by Gasteiger charge is 2.34. The Kier molecular flexibility index (Phi) is 2.57. The Morgan fingerprint density at radius 1 is 1.38 bits per heavy atom. The Morgan fingerprint density at radius 3 is 2.62 bits per heavy atom. The molecule has 13 heavy (non-hydrogen) atoms. The van der Waals surface area contributed by atoms with Crippen LogP contribution in [-0.2, 0) is 6.18 Å². The quantitative estimate of drug-likeness (QED) is 0.566. The molecule has 0 saturated heterocycles. The number of alkyl halides is 3. The van der Waals surface area contributed by atoms with Crippen LogP contribution in [0.4, 0.5) is 13.2 Å². The van der Waals surface area contributed by atoms with Gasteiger partial charge in [0.05, 0.1) is 5.56 Å². The van der Waals surface area contributed by atoms with Crippen molar-refractivity contribution in [2.45, 2.75) is 13.1 Å². The smallest absolute Gasteiger partial charge is 0.251 e. The molecular formula is C9H6F3N. The summed E-state index contributed by atoms with van der Waals surface area (Å²) in [6, 6.07) is 2.72. The van der Waals surface area contributed by atoms with Crippen LogP contribution in [0.3, 0.4) is 0 Å². The minimum absolute atomic E-state index is 0.0856. The number of rotatable bonds is 0. The van der Waals surface area contributed by atoms with Crippen LogP contribution in [-0.4, -0.2) is 4.98 Å². The standard InChI is InChI=1S/C9H6F3N/c1-2-4-7-5-3-6-13-8(7)9(10,11)12/h3,5-6H,1H3. The van der Waals surface area contributed by atoms with Gasteiger partial charge in [-0.15, -0.1) is 5.92 Å². The first-order valence-electron chi connectivity index (χ1n) is 3.50. The van der Waals surface area contributed by atoms with E-state index in [1.54, 1.807) is 0 Å². The Labute approximate surface area is 73.6 Å². The van der Waals surface area contributed by atoms with Crippen molar-refractivity contribution in [3.8, 4) is 11.8 Å². The second-order valence-electron chi connectivity index (χ2n) is 2.27. The van der Waals surface area contributed by atoms with E-state index in [-0.39, 0.29) is 5.56 Å². The van der Waals surface area contributed by atoms with Gasteiger partial charge in [-0.25, -0.2) is 0 Å². The maximum Gasteiger partial charge on any atom is 0.434 e. The molecule has 0 aliphatic heterocycles. The van der Waals surface area contributed by atoms with Crippen molar-refractivity contribution in [2.24, 2.45) is 0 Å². The van der Waals surface area contributed by atoms with Crippen LogP contribution in [0.15, 0.2) is 18.3 Å². The van der Waals surface area contributed by atoms with Crippen LogP contribution in [0, 0.1) is 11.8 Å². The van der Waals surface area contributed by atoms with Gasteiger partial charge in [0, 0.05) is 6.20 Å². The molecule has 0 aromatic carbocycles. The third kappa shape index (κ3) is 2.22. The Hall–Kier alpha value is -1.50. The molecule has 68 valence electrons. The van der Waals surface area contributed by atoms with Gasteiger partial charge in [-0.2, -0.15) is 13.2 Å². The van der Waals surface area contributed by atoms with E-state index >= 15 is 0 Å². The van der Waals surface area contributed by atoms with Crippen LogP contribution in [0.5, 0.6) is 0 Å². The molecule has 0 aliphatic carbocycles. The number of aromatic nitrogens is 1. The number of halogens is 3. The van der Waals surface area contributed by atoms with Crippen molar-refractivity contribution in [2.75, 3.05) is 0 Å². The Bertz CT molecular complexity index is 357. The van der Waals surface area contributed by atoms with Crippen LogP contribution in [0.1, 0.15) is 18.2 Å². The highest BCUT2D eigenvalue weighted by Crippen LogP contribution is 2.29. The molecule has 0 radical (unpaired) electrons. The summed E-state index contributed by atoms with van der Waals surface area (Å²) >= 11 is 0. The third-order valence-electron chi connectivity index (χ3n) is 1.34. The normalized spacial score (nSPS) is 10.5. The summed E-state index contributed by atoms with van der Waals surface area (Å²) in [5.41, 5.74) is -1.01. The van der Waals surface area contributed by atoms with E-state index < -0.39 is 11.9 Å². The number of pyridine rings is 1. The summed E-state index contributed by atoms with van der Waals surface area (Å²) in [6.45, 7) is 1.48. The predicted octanol–water partition coefficient (Wildman–Crippen LogP) is 2.47. The van der Waals surface area contributed by atoms with Crippen LogP contribution in [0.25, 0.3) is 0 Å². The number of hydrogen-bond donors (Lipinski definition) is 0. The van der Waals surface area contributed by atoms with Crippen molar-refractivity contribution < 1.29 is 13.2 Å². The van der Waals surface area contributed by atoms with Gasteiger partial charge < -0.3 is 0 Å². The second-order valence-corrected chi connectivity index (χ2v) is 2.27. The molecule has 0 atom stereocenters. The lowest BCUT2D eigenvalue weighted by molar-refractivity contribution is -0.141. The maximum absolute atomic E-state index is 12.2. The van der Waals surface area contributed by atoms with Crippen LogP contribution in [0.2, 0.25) is 0 Å². The Morgan fingerprint density at radius 2 is 2.08 bits per heavy atom. The first kappa shape index (κ1) is 9.59. The monoisotopic (exact) mass is 185 g/mol. The summed E-state index contributed by atoms with van der Waals surface area (Å²) in [4.78, 5) is 3.24. The van der Waals surface area contributed by atoms with E-state index in [2.05, 4.69) is 16.8 Å². The van der Waals surface area contributed by atoms with Crippen molar-refractivity contribution >= 4 is 0 Å². The third-order valence-corrected chi connectivity index (χ3v) is 1.34. The van der Waals surface area contributed by atoms with Gasteiger partial charge in [-0.1, -0.05) is 5.92 Å². The number of hydrogen-bond acceptors (Lipinski definition) is 1. The molecule has 1 nitrogen and oxygen atoms in total. The van der Waals surface area contributed by atoms with Crippen molar-refractivity contribution in [3.63, 3.8) is 0 Å². The molecule has 0 fully saturated rings. The van der Waals surface area contributed by atoms with Gasteiger partial charge in [0.15, 0.2) is 5.69 Å². The molecular weight excluding hydrogens is 179 g/mol. The van der Waals surface area contributed by atoms with E-state index in [1.165, 1.54) is 19.1 Å². The number of nitrogens with zero attached hydrogens (tertiary/aromatic N) is 1. The Balaban J connectivity index is 3.25. The lowest BCUT2D eigenvalue weighted by Gasteiger charge is -2.06. The topological polar surface area (TPSA) is 12.9 Å². The lowest BCUT2D eigenvalue weighted by Crippen LogP contribution is -2.10. The largest absolute Gasteiger partial charge is 0.434 e. The average Bonchev–Trinajstić information content (AvgIpc) is 2.04. The molecule has 0 N–H and O–H groups in total. The highest BCUT2D eigenvalue weighted by molar-refractivity contribution is 5.38. The van der Waals surface area contributed by atoms with Gasteiger partial charge in [-0.05, 0) is 19.1 Å². The summed E-state index contributed by atoms with van der Waals surface area (Å²) in [7, 11) is 0. The average molecular weight is 185 g/mol. The molecule has 0 spiro atoms. The zero-order valence-corrected chi connectivity index (χ0v) is 6.81. The van der Waals surface area contributed by atoms with Crippen LogP contribution < -0.4 is 0 Å². The summed E-state index contributed by atoms with van der Waals surface area (Å²) in [5, 5.41) is 0. The van der Waals surface area contributed by atoms with E-state index in [1.807, 2.05) is 0 Å². The van der Waals surface area contributed by atoms with Crippen molar-refractivity contribution in [1.29, 1.82) is 0 Å². The van der Waals surface area contributed by atoms with Gasteiger partial charge in [0.25, 0.3) is 0 Å². The molecule has 0 saturated carbocycles. The fourth-order valence-corrected chi connectivity index (χ4v) is 0.867. The molecule has 4 heteroatoms. The fraction of sp³-hybridized carbons (Fsp3) is 0.222. The highest BCUT2D eigenvalue weighted by atomic mass is 19.4. The molecule has 0 unspecified atom stereocenters. The van der Waals surface area contributed by atoms with Gasteiger partial charge >= 0.3 is 6.18 Å². The van der Waals surface area contributed by atoms with E-state index in [9.17, 15) is 13.2 Å². The first-order chi connectivity index (χ1) is 6.05. The molecule has 0 amide bonds. The first-order valence-corrected chi connectivity index (χ1v) is 3.50. The summed E-state index contributed by atoms with van der Waals surface area (Å²) < 4.78 is 36.7. The van der Waals surface area contributed by atoms with Gasteiger partial charge in [0.1, 0.15) is 0 Å². The van der Waals surface area contributed by atoms with Crippen molar-refractivity contribution in [3.05, 3.63) is 29.6 Å². The SMILES string of the molecule is CC#Cc1cccnc1C(F)(F)F. The maximum atomic E-state index is 12.2. The van der Waals surface area contributed by atoms with Gasteiger partial charge in [0.2, 0.25) is 0 Å². The minimum Gasteiger partial charge on any atom is -0.251 e. The molecule has 1 aromatic heterocycles. The molecule has 0 aliphatic rings. The molecule has 1 rings (SSSR count). The summed E-state index contributed by atoms with van der Waals surface area (Å²) in [6.07, 6.45) is -3.33. The molecule has 1 aromatic rings. The van der Waals surface area contributed by atoms with Gasteiger partial charge in [-0.3, -0.25) is 4.98 Å². The van der Waals surface area contributed by atoms with E-state index in [0.717, 1.165) is 6.20 Å². The van der Waals surface area contributed by atoms with E-state index in [0.29, 0.717) is 0 Å². The molecule has 0 bridgehead atoms. The zero-order valence-electron chi connectivity index (χ0n) is 6.81. The fourth-order valence-electron chi connectivity index (χ4n) is 0.867. The lowest BCUT2D eigenvalue weighted by atomic mass is 10.2. The second kappa shape index (κ2) is 3.48. The zero-order chi connectivity index (χ0) is 9.90.